The Morgan fingerprint density at radius 2 is 2.12 bits per heavy atom. The summed E-state index contributed by atoms with van der Waals surface area (Å²) in [5, 5.41) is 3.25. The number of benzene rings is 1. The molecule has 1 N–H and O–H groups in total. The molecule has 17 heavy (non-hydrogen) atoms. The second-order valence-corrected chi connectivity index (χ2v) is 4.88. The fraction of sp³-hybridized carbons (Fsp3) is 0.571. The van der Waals surface area contributed by atoms with Crippen molar-refractivity contribution in [2.75, 3.05) is 19.7 Å². The zero-order chi connectivity index (χ0) is 11.7. The van der Waals surface area contributed by atoms with Gasteiger partial charge in [-0.1, -0.05) is 12.1 Å². The smallest absolute Gasteiger partial charge is 0.132 e. The minimum Gasteiger partial charge on any atom is -0.371 e. The highest BCUT2D eigenvalue weighted by molar-refractivity contribution is 5.36. The molecule has 3 rings (SSSR count). The van der Waals surface area contributed by atoms with Gasteiger partial charge in [-0.25, -0.2) is 4.39 Å². The van der Waals surface area contributed by atoms with Crippen molar-refractivity contribution in [3.63, 3.8) is 0 Å². The number of hydrogen-bond acceptors (Lipinski definition) is 2. The Bertz CT molecular complexity index is 413. The molecule has 0 radical (unpaired) electrons. The lowest BCUT2D eigenvalue weighted by Crippen LogP contribution is -2.34. The van der Waals surface area contributed by atoms with E-state index in [0.717, 1.165) is 43.5 Å². The van der Waals surface area contributed by atoms with Crippen molar-refractivity contribution in [2.24, 2.45) is 0 Å². The van der Waals surface area contributed by atoms with Gasteiger partial charge in [-0.05, 0) is 36.8 Å². The van der Waals surface area contributed by atoms with Gasteiger partial charge in [0.2, 0.25) is 0 Å². The van der Waals surface area contributed by atoms with Crippen molar-refractivity contribution in [3.8, 4) is 0 Å². The largest absolute Gasteiger partial charge is 0.371 e. The number of aryl methyl sites for hydroxylation is 1. The van der Waals surface area contributed by atoms with Crippen molar-refractivity contribution >= 4 is 0 Å². The summed E-state index contributed by atoms with van der Waals surface area (Å²) in [6.07, 6.45) is 4.09. The molecule has 1 heterocycles. The van der Waals surface area contributed by atoms with Gasteiger partial charge >= 0.3 is 0 Å². The minimum absolute atomic E-state index is 0.0177. The summed E-state index contributed by atoms with van der Waals surface area (Å²) in [5.41, 5.74) is 2.86. The Hall–Kier alpha value is -0.930. The molecule has 1 aromatic rings. The molecular weight excluding hydrogens is 217 g/mol. The van der Waals surface area contributed by atoms with E-state index in [1.807, 2.05) is 6.07 Å². The number of ether oxygens (including phenoxy) is 1. The molecule has 1 saturated heterocycles. The van der Waals surface area contributed by atoms with Crippen LogP contribution in [0.3, 0.4) is 0 Å². The first kappa shape index (κ1) is 11.2. The molecule has 0 aromatic heterocycles. The molecule has 1 unspecified atom stereocenters. The second-order valence-electron chi connectivity index (χ2n) is 4.88. The van der Waals surface area contributed by atoms with E-state index in [9.17, 15) is 4.39 Å². The Balaban J connectivity index is 1.94. The molecule has 0 spiro atoms. The molecule has 1 aliphatic carbocycles. The van der Waals surface area contributed by atoms with Crippen LogP contribution in [0.15, 0.2) is 12.1 Å². The quantitative estimate of drug-likeness (QED) is 0.807. The minimum atomic E-state index is -0.115. The third-order valence-corrected chi connectivity index (χ3v) is 3.77. The van der Waals surface area contributed by atoms with Gasteiger partial charge in [-0.15, -0.1) is 0 Å². The average Bonchev–Trinajstić information content (AvgIpc) is 2.40. The molecule has 0 saturated carbocycles. The maximum Gasteiger partial charge on any atom is 0.132 e. The standard InChI is InChI=1S/C14H18FNO/c15-14-11-4-2-1-3-10(11)5-6-12(14)13-9-16-7-8-17-13/h5-6,13,16H,1-4,7-9H2. The fourth-order valence-corrected chi connectivity index (χ4v) is 2.81. The predicted octanol–water partition coefficient (Wildman–Crippen LogP) is 2.37. The van der Waals surface area contributed by atoms with Crippen molar-refractivity contribution < 1.29 is 9.13 Å². The van der Waals surface area contributed by atoms with Gasteiger partial charge in [0.05, 0.1) is 12.7 Å². The predicted molar refractivity (Wildman–Crippen MR) is 64.6 cm³/mol. The van der Waals surface area contributed by atoms with Gasteiger partial charge in [0, 0.05) is 18.7 Å². The molecule has 2 nitrogen and oxygen atoms in total. The molecule has 0 bridgehead atoms. The van der Waals surface area contributed by atoms with E-state index in [-0.39, 0.29) is 11.9 Å². The van der Waals surface area contributed by atoms with E-state index in [1.165, 1.54) is 12.0 Å². The van der Waals surface area contributed by atoms with Crippen molar-refractivity contribution in [3.05, 3.63) is 34.6 Å². The summed E-state index contributed by atoms with van der Waals surface area (Å²) in [6.45, 7) is 2.25. The molecule has 1 aliphatic heterocycles. The SMILES string of the molecule is Fc1c(C2CNCCO2)ccc2c1CCCC2. The van der Waals surface area contributed by atoms with Crippen LogP contribution in [-0.4, -0.2) is 19.7 Å². The summed E-state index contributed by atoms with van der Waals surface area (Å²) in [4.78, 5) is 0. The van der Waals surface area contributed by atoms with Crippen LogP contribution in [0.2, 0.25) is 0 Å². The molecular formula is C14H18FNO. The Kier molecular flexibility index (Phi) is 3.12. The van der Waals surface area contributed by atoms with Crippen LogP contribution in [0.25, 0.3) is 0 Å². The van der Waals surface area contributed by atoms with E-state index in [1.54, 1.807) is 0 Å². The molecule has 1 fully saturated rings. The van der Waals surface area contributed by atoms with Gasteiger partial charge in [0.25, 0.3) is 0 Å². The highest BCUT2D eigenvalue weighted by Gasteiger charge is 2.23. The topological polar surface area (TPSA) is 21.3 Å². The number of nitrogens with one attached hydrogen (secondary N) is 1. The number of rotatable bonds is 1. The normalized spacial score (nSPS) is 24.4. The van der Waals surface area contributed by atoms with Gasteiger partial charge < -0.3 is 10.1 Å². The van der Waals surface area contributed by atoms with E-state index < -0.39 is 0 Å². The van der Waals surface area contributed by atoms with E-state index in [4.69, 9.17) is 4.74 Å². The first-order chi connectivity index (χ1) is 8.36. The number of morpholine rings is 1. The molecule has 92 valence electrons. The van der Waals surface area contributed by atoms with Crippen LogP contribution < -0.4 is 5.32 Å². The van der Waals surface area contributed by atoms with E-state index in [0.29, 0.717) is 6.61 Å². The summed E-state index contributed by atoms with van der Waals surface area (Å²) in [5.74, 6) is -0.0177. The van der Waals surface area contributed by atoms with Crippen LogP contribution >= 0.6 is 0 Å². The Morgan fingerprint density at radius 1 is 1.24 bits per heavy atom. The molecule has 1 atom stereocenters. The van der Waals surface area contributed by atoms with Gasteiger partial charge in [0.15, 0.2) is 0 Å². The lowest BCUT2D eigenvalue weighted by atomic mass is 9.88. The first-order valence-electron chi connectivity index (χ1n) is 6.49. The zero-order valence-electron chi connectivity index (χ0n) is 9.97. The fourth-order valence-electron chi connectivity index (χ4n) is 2.81. The summed E-state index contributed by atoms with van der Waals surface area (Å²) in [7, 11) is 0. The molecule has 3 heteroatoms. The third kappa shape index (κ3) is 2.09. The van der Waals surface area contributed by atoms with Crippen LogP contribution in [0.1, 0.15) is 35.6 Å². The van der Waals surface area contributed by atoms with E-state index in [2.05, 4.69) is 11.4 Å². The molecule has 2 aliphatic rings. The Labute approximate surface area is 101 Å². The summed E-state index contributed by atoms with van der Waals surface area (Å²) >= 11 is 0. The van der Waals surface area contributed by atoms with Gasteiger partial charge in [-0.3, -0.25) is 0 Å². The average molecular weight is 235 g/mol. The lowest BCUT2D eigenvalue weighted by molar-refractivity contribution is 0.0254. The number of fused-ring (bicyclic) bond motifs is 1. The maximum absolute atomic E-state index is 14.4. The van der Waals surface area contributed by atoms with Crippen molar-refractivity contribution in [1.29, 1.82) is 0 Å². The van der Waals surface area contributed by atoms with Crippen LogP contribution in [-0.2, 0) is 17.6 Å². The molecule has 1 aromatic carbocycles. The van der Waals surface area contributed by atoms with Crippen LogP contribution in [0.4, 0.5) is 4.39 Å². The Morgan fingerprint density at radius 3 is 2.94 bits per heavy atom. The van der Waals surface area contributed by atoms with Gasteiger partial charge in [-0.2, -0.15) is 0 Å². The van der Waals surface area contributed by atoms with Gasteiger partial charge in [0.1, 0.15) is 5.82 Å². The second kappa shape index (κ2) is 4.75. The summed E-state index contributed by atoms with van der Waals surface area (Å²) in [6, 6.07) is 4.00. The van der Waals surface area contributed by atoms with Crippen LogP contribution in [0.5, 0.6) is 0 Å². The van der Waals surface area contributed by atoms with E-state index >= 15 is 0 Å². The zero-order valence-corrected chi connectivity index (χ0v) is 9.97. The highest BCUT2D eigenvalue weighted by Crippen LogP contribution is 2.30. The summed E-state index contributed by atoms with van der Waals surface area (Å²) < 4.78 is 20.1. The first-order valence-corrected chi connectivity index (χ1v) is 6.49. The van der Waals surface area contributed by atoms with Crippen molar-refractivity contribution in [2.45, 2.75) is 31.8 Å². The highest BCUT2D eigenvalue weighted by atomic mass is 19.1. The van der Waals surface area contributed by atoms with Crippen LogP contribution in [0, 0.1) is 5.82 Å². The lowest BCUT2D eigenvalue weighted by Gasteiger charge is -2.26. The molecule has 0 amide bonds. The maximum atomic E-state index is 14.4. The number of hydrogen-bond donors (Lipinski definition) is 1. The van der Waals surface area contributed by atoms with Crippen molar-refractivity contribution in [1.82, 2.24) is 5.32 Å². The monoisotopic (exact) mass is 235 g/mol. The third-order valence-electron chi connectivity index (χ3n) is 3.77. The number of halogens is 1.